The van der Waals surface area contributed by atoms with Crippen molar-refractivity contribution in [2.75, 3.05) is 6.54 Å². The number of unbranched alkanes of at least 4 members (excludes halogenated alkanes) is 1. The molecule has 1 aromatic heterocycles. The van der Waals surface area contributed by atoms with Crippen LogP contribution in [-0.2, 0) is 13.1 Å². The van der Waals surface area contributed by atoms with E-state index < -0.39 is 0 Å². The zero-order valence-electron chi connectivity index (χ0n) is 10.4. The Morgan fingerprint density at radius 2 is 2.11 bits per heavy atom. The van der Waals surface area contributed by atoms with Gasteiger partial charge in [-0.25, -0.2) is 4.98 Å². The standard InChI is InChI=1S/C14H19N3O/c18-14-6-2-1-5-13(14)11-15-7-3-4-9-17-10-8-16-12-17/h1-2,5-6,8,10,12,15,18H,3-4,7,9,11H2. The van der Waals surface area contributed by atoms with Crippen LogP contribution < -0.4 is 5.32 Å². The third kappa shape index (κ3) is 3.89. The van der Waals surface area contributed by atoms with Crippen LogP contribution >= 0.6 is 0 Å². The van der Waals surface area contributed by atoms with Gasteiger partial charge in [0, 0.05) is 31.0 Å². The zero-order valence-corrected chi connectivity index (χ0v) is 10.4. The highest BCUT2D eigenvalue weighted by molar-refractivity contribution is 5.31. The molecule has 0 atom stereocenters. The van der Waals surface area contributed by atoms with Gasteiger partial charge in [0.1, 0.15) is 5.75 Å². The number of rotatable bonds is 7. The number of nitrogens with one attached hydrogen (secondary N) is 1. The molecule has 0 spiro atoms. The monoisotopic (exact) mass is 245 g/mol. The molecule has 0 unspecified atom stereocenters. The van der Waals surface area contributed by atoms with E-state index in [-0.39, 0.29) is 0 Å². The van der Waals surface area contributed by atoms with Crippen molar-refractivity contribution in [2.24, 2.45) is 0 Å². The van der Waals surface area contributed by atoms with Gasteiger partial charge in [0.05, 0.1) is 6.33 Å². The molecule has 96 valence electrons. The Hall–Kier alpha value is -1.81. The molecule has 1 heterocycles. The van der Waals surface area contributed by atoms with Crippen molar-refractivity contribution in [1.82, 2.24) is 14.9 Å². The number of aromatic hydroxyl groups is 1. The Bertz CT molecular complexity index is 454. The van der Waals surface area contributed by atoms with Crippen molar-refractivity contribution >= 4 is 0 Å². The number of nitrogens with zero attached hydrogens (tertiary/aromatic N) is 2. The first-order valence-electron chi connectivity index (χ1n) is 6.29. The second kappa shape index (κ2) is 6.81. The quantitative estimate of drug-likeness (QED) is 0.735. The summed E-state index contributed by atoms with van der Waals surface area (Å²) in [6.07, 6.45) is 7.87. The van der Waals surface area contributed by atoms with Crippen LogP contribution in [0.25, 0.3) is 0 Å². The molecule has 0 radical (unpaired) electrons. The first-order chi connectivity index (χ1) is 8.86. The topological polar surface area (TPSA) is 50.1 Å². The summed E-state index contributed by atoms with van der Waals surface area (Å²) >= 11 is 0. The Balaban J connectivity index is 1.58. The van der Waals surface area contributed by atoms with Gasteiger partial charge in [-0.1, -0.05) is 18.2 Å². The summed E-state index contributed by atoms with van der Waals surface area (Å²) < 4.78 is 2.09. The molecule has 0 aliphatic rings. The van der Waals surface area contributed by atoms with Gasteiger partial charge < -0.3 is 15.0 Å². The summed E-state index contributed by atoms with van der Waals surface area (Å²) in [6.45, 7) is 2.69. The zero-order chi connectivity index (χ0) is 12.6. The number of hydrogen-bond donors (Lipinski definition) is 2. The van der Waals surface area contributed by atoms with Gasteiger partial charge in [-0.3, -0.25) is 0 Å². The van der Waals surface area contributed by atoms with E-state index >= 15 is 0 Å². The summed E-state index contributed by atoms with van der Waals surface area (Å²) in [4.78, 5) is 4.01. The molecule has 18 heavy (non-hydrogen) atoms. The number of aromatic nitrogens is 2. The van der Waals surface area contributed by atoms with Crippen LogP contribution in [0.15, 0.2) is 43.0 Å². The summed E-state index contributed by atoms with van der Waals surface area (Å²) in [5.74, 6) is 0.364. The van der Waals surface area contributed by atoms with E-state index in [2.05, 4.69) is 14.9 Å². The average molecular weight is 245 g/mol. The van der Waals surface area contributed by atoms with E-state index in [4.69, 9.17) is 0 Å². The van der Waals surface area contributed by atoms with Crippen molar-refractivity contribution in [3.63, 3.8) is 0 Å². The summed E-state index contributed by atoms with van der Waals surface area (Å²) in [6, 6.07) is 7.43. The lowest BCUT2D eigenvalue weighted by Gasteiger charge is -2.06. The highest BCUT2D eigenvalue weighted by Crippen LogP contribution is 2.14. The third-order valence-corrected chi connectivity index (χ3v) is 2.89. The number of para-hydroxylation sites is 1. The van der Waals surface area contributed by atoms with Gasteiger partial charge in [-0.15, -0.1) is 0 Å². The summed E-state index contributed by atoms with van der Waals surface area (Å²) in [7, 11) is 0. The molecule has 1 aromatic carbocycles. The Morgan fingerprint density at radius 3 is 2.89 bits per heavy atom. The molecule has 0 aliphatic heterocycles. The maximum atomic E-state index is 9.59. The molecule has 0 aliphatic carbocycles. The molecule has 2 N–H and O–H groups in total. The largest absolute Gasteiger partial charge is 0.508 e. The molecule has 0 amide bonds. The first-order valence-corrected chi connectivity index (χ1v) is 6.29. The van der Waals surface area contributed by atoms with E-state index in [9.17, 15) is 5.11 Å². The number of hydrogen-bond acceptors (Lipinski definition) is 3. The van der Waals surface area contributed by atoms with Crippen LogP contribution in [0.3, 0.4) is 0 Å². The molecule has 0 bridgehead atoms. The maximum absolute atomic E-state index is 9.59. The van der Waals surface area contributed by atoms with Gasteiger partial charge in [0.25, 0.3) is 0 Å². The molecular weight excluding hydrogens is 226 g/mol. The van der Waals surface area contributed by atoms with Gasteiger partial charge in [-0.05, 0) is 25.5 Å². The number of phenolic OH excluding ortho intramolecular Hbond substituents is 1. The predicted octanol–water partition coefficient (Wildman–Crippen LogP) is 2.16. The summed E-state index contributed by atoms with van der Waals surface area (Å²) in [5.41, 5.74) is 0.951. The van der Waals surface area contributed by atoms with E-state index in [0.717, 1.165) is 38.0 Å². The van der Waals surface area contributed by atoms with E-state index in [0.29, 0.717) is 5.75 Å². The van der Waals surface area contributed by atoms with Crippen LogP contribution in [0, 0.1) is 0 Å². The van der Waals surface area contributed by atoms with Gasteiger partial charge in [0.2, 0.25) is 0 Å². The Morgan fingerprint density at radius 1 is 1.22 bits per heavy atom. The second-order valence-electron chi connectivity index (χ2n) is 4.31. The van der Waals surface area contributed by atoms with Crippen LogP contribution in [0.2, 0.25) is 0 Å². The molecule has 2 aromatic rings. The van der Waals surface area contributed by atoms with Crippen LogP contribution in [0.1, 0.15) is 18.4 Å². The Labute approximate surface area is 107 Å². The second-order valence-corrected chi connectivity index (χ2v) is 4.31. The highest BCUT2D eigenvalue weighted by atomic mass is 16.3. The van der Waals surface area contributed by atoms with Crippen molar-refractivity contribution in [2.45, 2.75) is 25.9 Å². The highest BCUT2D eigenvalue weighted by Gasteiger charge is 1.98. The lowest BCUT2D eigenvalue weighted by molar-refractivity contribution is 0.463. The first kappa shape index (κ1) is 12.6. The number of aryl methyl sites for hydroxylation is 1. The van der Waals surface area contributed by atoms with Gasteiger partial charge in [0.15, 0.2) is 0 Å². The number of phenols is 1. The number of benzene rings is 1. The fraction of sp³-hybridized carbons (Fsp3) is 0.357. The van der Waals surface area contributed by atoms with Gasteiger partial charge in [-0.2, -0.15) is 0 Å². The van der Waals surface area contributed by atoms with Crippen molar-refractivity contribution < 1.29 is 5.11 Å². The van der Waals surface area contributed by atoms with E-state index in [1.807, 2.05) is 30.7 Å². The molecule has 4 heteroatoms. The van der Waals surface area contributed by atoms with E-state index in [1.165, 1.54) is 0 Å². The minimum Gasteiger partial charge on any atom is -0.508 e. The lowest BCUT2D eigenvalue weighted by Crippen LogP contribution is -2.15. The average Bonchev–Trinajstić information content (AvgIpc) is 2.89. The Kier molecular flexibility index (Phi) is 4.78. The molecule has 0 saturated carbocycles. The smallest absolute Gasteiger partial charge is 0.120 e. The van der Waals surface area contributed by atoms with Crippen molar-refractivity contribution in [3.05, 3.63) is 48.5 Å². The van der Waals surface area contributed by atoms with Crippen molar-refractivity contribution in [1.29, 1.82) is 0 Å². The SMILES string of the molecule is Oc1ccccc1CNCCCCn1ccnc1. The van der Waals surface area contributed by atoms with Gasteiger partial charge >= 0.3 is 0 Å². The number of imidazole rings is 1. The van der Waals surface area contributed by atoms with Crippen LogP contribution in [-0.4, -0.2) is 21.2 Å². The molecule has 0 fully saturated rings. The minimum atomic E-state index is 0.364. The predicted molar refractivity (Wildman–Crippen MR) is 71.3 cm³/mol. The molecule has 2 rings (SSSR count). The van der Waals surface area contributed by atoms with Crippen LogP contribution in [0.5, 0.6) is 5.75 Å². The maximum Gasteiger partial charge on any atom is 0.120 e. The molecular formula is C14H19N3O. The summed E-state index contributed by atoms with van der Waals surface area (Å²) in [5, 5.41) is 12.9. The third-order valence-electron chi connectivity index (χ3n) is 2.89. The van der Waals surface area contributed by atoms with E-state index in [1.54, 1.807) is 12.3 Å². The fourth-order valence-corrected chi connectivity index (χ4v) is 1.85. The fourth-order valence-electron chi connectivity index (χ4n) is 1.85. The molecule has 0 saturated heterocycles. The van der Waals surface area contributed by atoms with Crippen LogP contribution in [0.4, 0.5) is 0 Å². The molecule has 4 nitrogen and oxygen atoms in total. The van der Waals surface area contributed by atoms with Crippen molar-refractivity contribution in [3.8, 4) is 5.75 Å². The minimum absolute atomic E-state index is 0.364. The normalized spacial score (nSPS) is 10.7. The lowest BCUT2D eigenvalue weighted by atomic mass is 10.2.